The molecule has 9 heteroatoms. The number of carbonyl (C=O) groups is 2. The predicted molar refractivity (Wildman–Crippen MR) is 97.2 cm³/mol. The molecule has 0 radical (unpaired) electrons. The molecule has 0 spiro atoms. The van der Waals surface area contributed by atoms with E-state index in [0.717, 1.165) is 25.7 Å². The maximum atomic E-state index is 12.8. The van der Waals surface area contributed by atoms with Gasteiger partial charge in [0.05, 0.1) is 12.5 Å². The van der Waals surface area contributed by atoms with Crippen LogP contribution in [0.1, 0.15) is 48.9 Å². The summed E-state index contributed by atoms with van der Waals surface area (Å²) in [5.74, 6) is -1.29. The van der Waals surface area contributed by atoms with E-state index in [4.69, 9.17) is 4.74 Å². The van der Waals surface area contributed by atoms with Crippen LogP contribution in [0.4, 0.5) is 0 Å². The van der Waals surface area contributed by atoms with Gasteiger partial charge in [-0.05, 0) is 43.9 Å². The van der Waals surface area contributed by atoms with E-state index in [1.165, 1.54) is 25.3 Å². The molecule has 3 N–H and O–H groups in total. The molecule has 148 valence electrons. The predicted octanol–water partition coefficient (Wildman–Crippen LogP) is 1.51. The number of sulfonamides is 1. The number of ether oxygens (including phenoxy) is 1. The molecule has 0 atom stereocenters. The Hall–Kier alpha value is -2.13. The number of benzene rings is 1. The topological polar surface area (TPSA) is 122 Å². The van der Waals surface area contributed by atoms with Crippen LogP contribution in [0, 0.1) is 5.41 Å². The van der Waals surface area contributed by atoms with Crippen molar-refractivity contribution in [1.29, 1.82) is 0 Å². The highest BCUT2D eigenvalue weighted by Crippen LogP contribution is 2.45. The van der Waals surface area contributed by atoms with Gasteiger partial charge >= 0.3 is 5.97 Å². The number of methoxy groups -OCH3 is 1. The second-order valence-electron chi connectivity index (χ2n) is 7.24. The van der Waals surface area contributed by atoms with Crippen LogP contribution in [0.3, 0.4) is 0 Å². The summed E-state index contributed by atoms with van der Waals surface area (Å²) in [6.07, 6.45) is 4.60. The van der Waals surface area contributed by atoms with Crippen LogP contribution in [0.15, 0.2) is 23.1 Å². The summed E-state index contributed by atoms with van der Waals surface area (Å²) in [5, 5.41) is 11.8. The van der Waals surface area contributed by atoms with E-state index in [1.807, 2.05) is 0 Å². The zero-order valence-electron chi connectivity index (χ0n) is 15.2. The van der Waals surface area contributed by atoms with Gasteiger partial charge in [-0.25, -0.2) is 13.1 Å². The highest BCUT2D eigenvalue weighted by Gasteiger charge is 2.50. The average molecular weight is 396 g/mol. The van der Waals surface area contributed by atoms with Crippen molar-refractivity contribution in [2.75, 3.05) is 13.7 Å². The van der Waals surface area contributed by atoms with Crippen LogP contribution in [0.2, 0.25) is 0 Å². The van der Waals surface area contributed by atoms with E-state index in [1.54, 1.807) is 0 Å². The Balaban J connectivity index is 1.78. The molecule has 2 fully saturated rings. The maximum Gasteiger partial charge on any atom is 0.311 e. The number of carbonyl (C=O) groups excluding carboxylic acids is 1. The van der Waals surface area contributed by atoms with Gasteiger partial charge in [0.1, 0.15) is 10.6 Å². The van der Waals surface area contributed by atoms with Gasteiger partial charge in [0.15, 0.2) is 0 Å². The van der Waals surface area contributed by atoms with Gasteiger partial charge in [-0.1, -0.05) is 12.8 Å². The Bertz CT molecular complexity index is 841. The van der Waals surface area contributed by atoms with E-state index >= 15 is 0 Å². The van der Waals surface area contributed by atoms with Crippen LogP contribution in [0.25, 0.3) is 0 Å². The minimum absolute atomic E-state index is 0.0234. The number of amides is 1. The number of hydrogen-bond donors (Lipinski definition) is 3. The minimum atomic E-state index is -3.84. The molecule has 8 nitrogen and oxygen atoms in total. The molecule has 0 bridgehead atoms. The highest BCUT2D eigenvalue weighted by atomic mass is 32.2. The van der Waals surface area contributed by atoms with Gasteiger partial charge in [0.2, 0.25) is 10.0 Å². The summed E-state index contributed by atoms with van der Waals surface area (Å²) >= 11 is 0. The molecule has 0 unspecified atom stereocenters. The second-order valence-corrected chi connectivity index (χ2v) is 8.92. The van der Waals surface area contributed by atoms with Crippen LogP contribution in [-0.2, 0) is 14.8 Å². The first kappa shape index (κ1) is 19.6. The molecule has 2 aliphatic rings. The Morgan fingerprint density at radius 1 is 1.26 bits per heavy atom. The summed E-state index contributed by atoms with van der Waals surface area (Å²) in [6.45, 7) is 0.0234. The summed E-state index contributed by atoms with van der Waals surface area (Å²) in [7, 11) is -2.47. The quantitative estimate of drug-likeness (QED) is 0.612. The zero-order chi connectivity index (χ0) is 19.7. The average Bonchev–Trinajstić information content (AvgIpc) is 3.28. The molecular formula is C18H24N2O6S. The van der Waals surface area contributed by atoms with Gasteiger partial charge in [-0.2, -0.15) is 0 Å². The van der Waals surface area contributed by atoms with E-state index in [-0.39, 0.29) is 28.8 Å². The monoisotopic (exact) mass is 396 g/mol. The number of carboxylic acids is 1. The third-order valence-electron chi connectivity index (χ3n) is 5.29. The minimum Gasteiger partial charge on any atom is -0.495 e. The standard InChI is InChI=1S/C18H24N2O6S/c1-26-14-7-6-12(16(21)19-11-18(8-9-18)17(22)23)10-15(14)27(24,25)20-13-4-2-3-5-13/h6-7,10,13,20H,2-5,8-9,11H2,1H3,(H,19,21)(H,22,23). The number of carboxylic acid groups (broad SMARTS) is 1. The molecule has 0 aromatic heterocycles. The fourth-order valence-electron chi connectivity index (χ4n) is 3.32. The normalized spacial score (nSPS) is 18.9. The third-order valence-corrected chi connectivity index (χ3v) is 6.83. The number of aliphatic carboxylic acids is 1. The Morgan fingerprint density at radius 3 is 2.48 bits per heavy atom. The molecule has 1 aromatic rings. The number of nitrogens with one attached hydrogen (secondary N) is 2. The molecule has 1 aromatic carbocycles. The summed E-state index contributed by atoms with van der Waals surface area (Å²) < 4.78 is 33.4. The SMILES string of the molecule is COc1ccc(C(=O)NCC2(C(=O)O)CC2)cc1S(=O)(=O)NC1CCCC1. The maximum absolute atomic E-state index is 12.8. The van der Waals surface area contributed by atoms with Crippen LogP contribution < -0.4 is 14.8 Å². The smallest absolute Gasteiger partial charge is 0.311 e. The van der Waals surface area contributed by atoms with Crippen molar-refractivity contribution in [2.45, 2.75) is 49.5 Å². The van der Waals surface area contributed by atoms with Crippen molar-refractivity contribution in [1.82, 2.24) is 10.0 Å². The molecule has 1 amide bonds. The van der Waals surface area contributed by atoms with E-state index in [9.17, 15) is 23.1 Å². The van der Waals surface area contributed by atoms with Crippen LogP contribution in [-0.4, -0.2) is 45.1 Å². The second kappa shape index (κ2) is 7.47. The van der Waals surface area contributed by atoms with Crippen molar-refractivity contribution in [2.24, 2.45) is 5.41 Å². The summed E-state index contributed by atoms with van der Waals surface area (Å²) in [4.78, 5) is 23.5. The zero-order valence-corrected chi connectivity index (χ0v) is 16.0. The molecule has 3 rings (SSSR count). The lowest BCUT2D eigenvalue weighted by Gasteiger charge is -2.16. The van der Waals surface area contributed by atoms with Crippen molar-refractivity contribution in [3.05, 3.63) is 23.8 Å². The van der Waals surface area contributed by atoms with Gasteiger partial charge in [0, 0.05) is 18.2 Å². The molecule has 0 heterocycles. The van der Waals surface area contributed by atoms with Gasteiger partial charge < -0.3 is 15.2 Å². The Labute approximate surface area is 158 Å². The number of rotatable bonds is 8. The molecule has 0 aliphatic heterocycles. The Morgan fingerprint density at radius 2 is 1.93 bits per heavy atom. The molecule has 2 saturated carbocycles. The first-order valence-corrected chi connectivity index (χ1v) is 10.5. The van der Waals surface area contributed by atoms with Crippen LogP contribution in [0.5, 0.6) is 5.75 Å². The highest BCUT2D eigenvalue weighted by molar-refractivity contribution is 7.89. The van der Waals surface area contributed by atoms with Crippen molar-refractivity contribution >= 4 is 21.9 Å². The summed E-state index contributed by atoms with van der Waals surface area (Å²) in [6, 6.07) is 4.05. The fraction of sp³-hybridized carbons (Fsp3) is 0.556. The van der Waals surface area contributed by atoms with Crippen molar-refractivity contribution in [3.8, 4) is 5.75 Å². The molecular weight excluding hydrogens is 372 g/mol. The lowest BCUT2D eigenvalue weighted by molar-refractivity contribution is -0.143. The molecule has 2 aliphatic carbocycles. The van der Waals surface area contributed by atoms with Crippen LogP contribution >= 0.6 is 0 Å². The van der Waals surface area contributed by atoms with Gasteiger partial charge in [-0.3, -0.25) is 9.59 Å². The third kappa shape index (κ3) is 4.24. The lowest BCUT2D eigenvalue weighted by atomic mass is 10.1. The number of hydrogen-bond acceptors (Lipinski definition) is 5. The lowest BCUT2D eigenvalue weighted by Crippen LogP contribution is -2.35. The first-order chi connectivity index (χ1) is 12.8. The van der Waals surface area contributed by atoms with E-state index < -0.39 is 27.3 Å². The van der Waals surface area contributed by atoms with Gasteiger partial charge in [-0.15, -0.1) is 0 Å². The van der Waals surface area contributed by atoms with Gasteiger partial charge in [0.25, 0.3) is 5.91 Å². The van der Waals surface area contributed by atoms with E-state index in [0.29, 0.717) is 12.8 Å². The van der Waals surface area contributed by atoms with Crippen molar-refractivity contribution < 1.29 is 27.9 Å². The molecule has 27 heavy (non-hydrogen) atoms. The fourth-order valence-corrected chi connectivity index (χ4v) is 4.82. The Kier molecular flexibility index (Phi) is 5.43. The molecule has 0 saturated heterocycles. The first-order valence-electron chi connectivity index (χ1n) is 8.99. The van der Waals surface area contributed by atoms with Crippen molar-refractivity contribution in [3.63, 3.8) is 0 Å². The summed E-state index contributed by atoms with van der Waals surface area (Å²) in [5.41, 5.74) is -0.745. The van der Waals surface area contributed by atoms with E-state index in [2.05, 4.69) is 10.0 Å². The largest absolute Gasteiger partial charge is 0.495 e.